The smallest absolute Gasteiger partial charge is 0.277 e. The van der Waals surface area contributed by atoms with Gasteiger partial charge in [-0.1, -0.05) is 6.92 Å². The molecule has 19 heavy (non-hydrogen) atoms. The van der Waals surface area contributed by atoms with E-state index in [9.17, 15) is 17.6 Å². The Balaban J connectivity index is 2.25. The van der Waals surface area contributed by atoms with Crippen LogP contribution in [0.4, 0.5) is 17.6 Å². The molecule has 1 atom stereocenters. The summed E-state index contributed by atoms with van der Waals surface area (Å²) in [4.78, 5) is 0. The molecule has 1 nitrogen and oxygen atoms in total. The molecule has 1 unspecified atom stereocenters. The lowest BCUT2D eigenvalue weighted by Gasteiger charge is -2.35. The van der Waals surface area contributed by atoms with Gasteiger partial charge in [0.1, 0.15) is 11.6 Å². The molecular formula is C14H14F4O. The molecule has 2 rings (SSSR count). The number of alkyl halides is 2. The molecular weight excluding hydrogens is 260 g/mol. The molecule has 0 amide bonds. The van der Waals surface area contributed by atoms with E-state index in [0.717, 1.165) is 12.1 Å². The van der Waals surface area contributed by atoms with Gasteiger partial charge in [0.15, 0.2) is 5.60 Å². The molecule has 104 valence electrons. The highest BCUT2D eigenvalue weighted by Crippen LogP contribution is 2.38. The highest BCUT2D eigenvalue weighted by atomic mass is 19.3. The van der Waals surface area contributed by atoms with Crippen molar-refractivity contribution < 1.29 is 22.3 Å². The zero-order valence-corrected chi connectivity index (χ0v) is 10.4. The summed E-state index contributed by atoms with van der Waals surface area (Å²) in [7, 11) is 0. The van der Waals surface area contributed by atoms with Crippen molar-refractivity contribution in [3.8, 4) is 0 Å². The third kappa shape index (κ3) is 2.60. The molecule has 0 N–H and O–H groups in total. The zero-order chi connectivity index (χ0) is 14.0. The molecule has 1 aliphatic rings. The van der Waals surface area contributed by atoms with Crippen LogP contribution >= 0.6 is 0 Å². The Kier molecular flexibility index (Phi) is 3.83. The largest absolute Gasteiger partial charge is 0.489 e. The van der Waals surface area contributed by atoms with Gasteiger partial charge in [-0.2, -0.15) is 0 Å². The molecule has 0 radical (unpaired) electrons. The van der Waals surface area contributed by atoms with Gasteiger partial charge in [-0.05, 0) is 37.0 Å². The quantitative estimate of drug-likeness (QED) is 0.736. The molecule has 5 heteroatoms. The minimum absolute atomic E-state index is 0.115. The number of halogens is 4. The van der Waals surface area contributed by atoms with Crippen LogP contribution in [-0.4, -0.2) is 12.0 Å². The average Bonchev–Trinajstić information content (AvgIpc) is 2.39. The van der Waals surface area contributed by atoms with Gasteiger partial charge in [0.2, 0.25) is 0 Å². The van der Waals surface area contributed by atoms with Crippen LogP contribution in [0.15, 0.2) is 24.5 Å². The van der Waals surface area contributed by atoms with Crippen LogP contribution in [-0.2, 0) is 4.74 Å². The number of rotatable bonds is 3. The molecule has 0 saturated carbocycles. The molecule has 0 aliphatic carbocycles. The third-order valence-corrected chi connectivity index (χ3v) is 3.53. The number of allylic oxidation sites excluding steroid dienone is 1. The predicted octanol–water partition coefficient (Wildman–Crippen LogP) is 4.53. The molecule has 0 bridgehead atoms. The summed E-state index contributed by atoms with van der Waals surface area (Å²) in [5.41, 5.74) is -0.817. The Morgan fingerprint density at radius 1 is 1.32 bits per heavy atom. The first-order valence-electron chi connectivity index (χ1n) is 6.09. The van der Waals surface area contributed by atoms with E-state index in [2.05, 4.69) is 0 Å². The van der Waals surface area contributed by atoms with Crippen molar-refractivity contribution in [1.82, 2.24) is 0 Å². The van der Waals surface area contributed by atoms with E-state index in [1.165, 1.54) is 12.3 Å². The van der Waals surface area contributed by atoms with Crippen molar-refractivity contribution in [2.45, 2.75) is 38.2 Å². The summed E-state index contributed by atoms with van der Waals surface area (Å²) < 4.78 is 57.5. The van der Waals surface area contributed by atoms with Gasteiger partial charge < -0.3 is 4.74 Å². The van der Waals surface area contributed by atoms with E-state index < -0.39 is 23.7 Å². The van der Waals surface area contributed by atoms with Gasteiger partial charge in [-0.3, -0.25) is 0 Å². The van der Waals surface area contributed by atoms with Gasteiger partial charge in [0.05, 0.1) is 6.26 Å². The van der Waals surface area contributed by atoms with Gasteiger partial charge >= 0.3 is 0 Å². The molecule has 0 saturated heterocycles. The lowest BCUT2D eigenvalue weighted by atomic mass is 9.88. The maximum Gasteiger partial charge on any atom is 0.277 e. The first-order chi connectivity index (χ1) is 8.98. The van der Waals surface area contributed by atoms with Crippen LogP contribution in [0.1, 0.15) is 31.7 Å². The Labute approximate surface area is 108 Å². The fourth-order valence-electron chi connectivity index (χ4n) is 2.18. The highest BCUT2D eigenvalue weighted by molar-refractivity contribution is 5.65. The van der Waals surface area contributed by atoms with Gasteiger partial charge in [-0.25, -0.2) is 17.6 Å². The maximum atomic E-state index is 13.6. The molecule has 1 heterocycles. The van der Waals surface area contributed by atoms with Gasteiger partial charge in [0, 0.05) is 11.6 Å². The fourth-order valence-corrected chi connectivity index (χ4v) is 2.18. The zero-order valence-electron chi connectivity index (χ0n) is 10.4. The Morgan fingerprint density at radius 2 is 2.05 bits per heavy atom. The monoisotopic (exact) mass is 274 g/mol. The summed E-state index contributed by atoms with van der Waals surface area (Å²) in [6, 6.07) is 3.19. The highest BCUT2D eigenvalue weighted by Gasteiger charge is 2.41. The van der Waals surface area contributed by atoms with E-state index in [-0.39, 0.29) is 24.8 Å². The molecule has 0 spiro atoms. The topological polar surface area (TPSA) is 9.23 Å². The van der Waals surface area contributed by atoms with E-state index in [0.29, 0.717) is 5.57 Å². The SMILES string of the molecule is CCC1(C(F)F)CCC(c2ccc(F)cc2F)=CO1. The number of hydrogen-bond acceptors (Lipinski definition) is 1. The second-order valence-corrected chi connectivity index (χ2v) is 4.60. The minimum Gasteiger partial charge on any atom is -0.489 e. The van der Waals surface area contributed by atoms with Crippen molar-refractivity contribution in [3.05, 3.63) is 41.7 Å². The molecule has 0 aromatic heterocycles. The average molecular weight is 274 g/mol. The van der Waals surface area contributed by atoms with Crippen LogP contribution < -0.4 is 0 Å². The summed E-state index contributed by atoms with van der Waals surface area (Å²) in [6.07, 6.45) is -0.839. The number of ether oxygens (including phenoxy) is 1. The summed E-state index contributed by atoms with van der Waals surface area (Å²) in [5.74, 6) is -1.38. The second kappa shape index (κ2) is 5.23. The third-order valence-electron chi connectivity index (χ3n) is 3.53. The lowest BCUT2D eigenvalue weighted by molar-refractivity contribution is -0.114. The standard InChI is InChI=1S/C14H14F4O/c1-2-14(13(17)18)6-5-9(8-19-14)11-4-3-10(15)7-12(11)16/h3-4,7-8,13H,2,5-6H2,1H3. The molecule has 0 fully saturated rings. The molecule has 1 aliphatic heterocycles. The summed E-state index contributed by atoms with van der Waals surface area (Å²) in [5, 5.41) is 0. The Hall–Kier alpha value is -1.52. The van der Waals surface area contributed by atoms with E-state index >= 15 is 0 Å². The normalized spacial score (nSPS) is 23.2. The Bertz CT molecular complexity index is 498. The van der Waals surface area contributed by atoms with Crippen LogP contribution in [0.3, 0.4) is 0 Å². The molecule has 1 aromatic carbocycles. The van der Waals surface area contributed by atoms with Crippen molar-refractivity contribution >= 4 is 5.57 Å². The fraction of sp³-hybridized carbons (Fsp3) is 0.429. The minimum atomic E-state index is -2.59. The Morgan fingerprint density at radius 3 is 2.53 bits per heavy atom. The van der Waals surface area contributed by atoms with E-state index in [1.54, 1.807) is 6.92 Å². The molecule has 1 aromatic rings. The van der Waals surface area contributed by atoms with Crippen molar-refractivity contribution in [1.29, 1.82) is 0 Å². The summed E-state index contributed by atoms with van der Waals surface area (Å²) >= 11 is 0. The van der Waals surface area contributed by atoms with E-state index in [4.69, 9.17) is 4.74 Å². The first-order valence-corrected chi connectivity index (χ1v) is 6.09. The lowest BCUT2D eigenvalue weighted by Crippen LogP contribution is -2.40. The van der Waals surface area contributed by atoms with Crippen molar-refractivity contribution in [2.75, 3.05) is 0 Å². The van der Waals surface area contributed by atoms with Crippen LogP contribution in [0.25, 0.3) is 5.57 Å². The predicted molar refractivity (Wildman–Crippen MR) is 63.7 cm³/mol. The van der Waals surface area contributed by atoms with E-state index in [1.807, 2.05) is 0 Å². The maximum absolute atomic E-state index is 13.6. The van der Waals surface area contributed by atoms with Crippen molar-refractivity contribution in [3.63, 3.8) is 0 Å². The second-order valence-electron chi connectivity index (χ2n) is 4.60. The van der Waals surface area contributed by atoms with Crippen LogP contribution in [0, 0.1) is 11.6 Å². The van der Waals surface area contributed by atoms with Crippen LogP contribution in [0.2, 0.25) is 0 Å². The summed E-state index contributed by atoms with van der Waals surface area (Å²) in [6.45, 7) is 1.63. The van der Waals surface area contributed by atoms with Gasteiger partial charge in [0.25, 0.3) is 6.43 Å². The van der Waals surface area contributed by atoms with Gasteiger partial charge in [-0.15, -0.1) is 0 Å². The van der Waals surface area contributed by atoms with Crippen molar-refractivity contribution in [2.24, 2.45) is 0 Å². The first kappa shape index (κ1) is 13.9. The number of benzene rings is 1. The van der Waals surface area contributed by atoms with Crippen LogP contribution in [0.5, 0.6) is 0 Å². The number of hydrogen-bond donors (Lipinski definition) is 0.